The molecule has 0 radical (unpaired) electrons. The average Bonchev–Trinajstić information content (AvgIpc) is 1.69. The number of nitrogen functional groups attached to an aromatic ring is 1. The van der Waals surface area contributed by atoms with Gasteiger partial charge in [0, 0.05) is 202 Å². The van der Waals surface area contributed by atoms with E-state index in [1.807, 2.05) is 59.7 Å². The fourth-order valence-corrected chi connectivity index (χ4v) is 15.5. The van der Waals surface area contributed by atoms with Crippen molar-refractivity contribution in [2.75, 3.05) is 79.4 Å². The minimum Gasteiger partial charge on any atom is -0.384 e. The van der Waals surface area contributed by atoms with E-state index < -0.39 is 0 Å². The monoisotopic (exact) mass is 1760 g/mol. The van der Waals surface area contributed by atoms with E-state index in [1.54, 1.807) is 50.2 Å². The molecule has 0 aromatic carbocycles. The third-order valence-corrected chi connectivity index (χ3v) is 23.5. The second-order valence-electron chi connectivity index (χ2n) is 45.9. The zero-order chi connectivity index (χ0) is 94.5. The van der Waals surface area contributed by atoms with Gasteiger partial charge in [0.05, 0.1) is 46.6 Å². The van der Waals surface area contributed by atoms with Gasteiger partial charge in [-0.05, 0) is 111 Å². The van der Waals surface area contributed by atoms with Crippen molar-refractivity contribution in [3.05, 3.63) is 156 Å². The van der Waals surface area contributed by atoms with Gasteiger partial charge in [0.2, 0.25) is 17.7 Å². The average molecular weight is 1760 g/mol. The topological polar surface area (TPSA) is 359 Å². The molecule has 0 spiro atoms. The molecule has 15 rings (SSSR count). The number of amides is 3. The van der Waals surface area contributed by atoms with Crippen LogP contribution in [0.15, 0.2) is 99.0 Å². The number of piperidine rings is 1. The summed E-state index contributed by atoms with van der Waals surface area (Å²) in [5.74, 6) is 6.30. The van der Waals surface area contributed by atoms with Gasteiger partial charge in [-0.25, -0.2) is 69.8 Å². The maximum Gasteiger partial charge on any atom is 0.228 e. The van der Waals surface area contributed by atoms with Gasteiger partial charge in [0.15, 0.2) is 0 Å². The quantitative estimate of drug-likeness (QED) is 0.0501. The number of hydrogen-bond acceptors (Lipinski definition) is 25. The number of hydrogen-bond donors (Lipinski definition) is 7. The van der Waals surface area contributed by atoms with Crippen molar-refractivity contribution in [1.82, 2.24) is 105 Å². The summed E-state index contributed by atoms with van der Waals surface area (Å²) in [7, 11) is 0. The maximum atomic E-state index is 12.1. The van der Waals surface area contributed by atoms with Crippen LogP contribution in [0.4, 0.5) is 29.1 Å². The number of likely N-dealkylation sites (tertiary alicyclic amines) is 4. The van der Waals surface area contributed by atoms with Crippen LogP contribution in [-0.4, -0.2) is 211 Å². The maximum absolute atomic E-state index is 12.1. The van der Waals surface area contributed by atoms with Gasteiger partial charge < -0.3 is 51.9 Å². The minimum atomic E-state index is -0.306. The SMILES string of the molecule is CC(C)(C)C(=O)N1CC(Nc2cc(C(C)(C)C)ncn2)C1.CC(C)(C)c1cc(Cc2ccn[nH]2)ncn1.CC(C)(C)c1cc(N)ncn1.CC(C)(C)c1cc(NC2CN(C(=O)C3CC3)C2)ncn1.CC(C)(C)c1cc(NC2CN(C(=O)C3CCC3)C2)ncn1.CC(C)N1CC(Cc2cc(C(C)(C)C)ncn2)C1.CC1(C)CC(Nc2cc(C(C)(C)C)ncn2)CC(C)(C)N1. The number of aromatic amines is 1. The first kappa shape index (κ1) is 102. The lowest BCUT2D eigenvalue weighted by Crippen LogP contribution is -2.60. The molecule has 8 N–H and O–H groups in total. The zero-order valence-electron chi connectivity index (χ0n) is 83.2. The van der Waals surface area contributed by atoms with Crippen LogP contribution in [-0.2, 0) is 65.1 Å². The van der Waals surface area contributed by atoms with Gasteiger partial charge >= 0.3 is 0 Å². The predicted molar refractivity (Wildman–Crippen MR) is 514 cm³/mol. The summed E-state index contributed by atoms with van der Waals surface area (Å²) in [6.07, 6.45) is 22.6. The summed E-state index contributed by atoms with van der Waals surface area (Å²) < 4.78 is 0. The molecule has 8 aromatic heterocycles. The van der Waals surface area contributed by atoms with Crippen LogP contribution in [0.25, 0.3) is 0 Å². The lowest BCUT2D eigenvalue weighted by molar-refractivity contribution is -0.143. The molecule has 128 heavy (non-hydrogen) atoms. The first-order valence-corrected chi connectivity index (χ1v) is 46.3. The van der Waals surface area contributed by atoms with E-state index in [1.165, 1.54) is 31.5 Å². The Balaban J connectivity index is 0.000000170. The molecule has 700 valence electrons. The molecule has 0 atom stereocenters. The van der Waals surface area contributed by atoms with E-state index in [0.29, 0.717) is 53.6 Å². The smallest absolute Gasteiger partial charge is 0.228 e. The van der Waals surface area contributed by atoms with E-state index in [4.69, 9.17) is 5.73 Å². The fourth-order valence-electron chi connectivity index (χ4n) is 15.5. The van der Waals surface area contributed by atoms with Gasteiger partial charge in [0.1, 0.15) is 73.4 Å². The van der Waals surface area contributed by atoms with Crippen molar-refractivity contribution in [3.8, 4) is 0 Å². The van der Waals surface area contributed by atoms with Gasteiger partial charge in [-0.2, -0.15) is 5.10 Å². The van der Waals surface area contributed by atoms with E-state index in [9.17, 15) is 14.4 Å². The number of anilines is 5. The molecule has 7 aliphatic rings. The third kappa shape index (κ3) is 31.7. The second-order valence-corrected chi connectivity index (χ2v) is 45.9. The van der Waals surface area contributed by atoms with Crippen molar-refractivity contribution < 1.29 is 14.4 Å². The number of nitrogens with two attached hydrogens (primary N) is 1. The van der Waals surface area contributed by atoms with E-state index in [2.05, 4.69) is 317 Å². The molecule has 7 fully saturated rings. The van der Waals surface area contributed by atoms with Crippen molar-refractivity contribution >= 4 is 46.8 Å². The number of carbonyl (C=O) groups excluding carboxylic acids is 3. The van der Waals surface area contributed by atoms with Crippen molar-refractivity contribution in [3.63, 3.8) is 0 Å². The highest BCUT2D eigenvalue weighted by Gasteiger charge is 2.42. The second kappa shape index (κ2) is 41.9. The van der Waals surface area contributed by atoms with Gasteiger partial charge in [-0.1, -0.05) is 173 Å². The summed E-state index contributed by atoms with van der Waals surface area (Å²) in [5, 5.41) is 24.4. The highest BCUT2D eigenvalue weighted by atomic mass is 16.2. The number of H-pyrrole nitrogens is 1. The molecule has 3 amide bonds. The van der Waals surface area contributed by atoms with Gasteiger partial charge in [0.25, 0.3) is 0 Å². The van der Waals surface area contributed by atoms with Crippen LogP contribution in [0.1, 0.15) is 310 Å². The fraction of sp³-hybridized carbons (Fsp3) is 0.657. The number of aromatic nitrogens is 16. The Morgan fingerprint density at radius 1 is 0.406 bits per heavy atom. The van der Waals surface area contributed by atoms with Crippen LogP contribution in [0.2, 0.25) is 0 Å². The van der Waals surface area contributed by atoms with Gasteiger partial charge in [-0.15, -0.1) is 0 Å². The van der Waals surface area contributed by atoms with Crippen LogP contribution in [0.5, 0.6) is 0 Å². The Kier molecular flexibility index (Phi) is 33.3. The predicted octanol–water partition coefficient (Wildman–Crippen LogP) is 16.0. The Morgan fingerprint density at radius 3 is 1.04 bits per heavy atom. The van der Waals surface area contributed by atoms with E-state index in [0.717, 1.165) is 171 Å². The van der Waals surface area contributed by atoms with Gasteiger partial charge in [-0.3, -0.25) is 19.5 Å². The standard InChI is InChI=1S/C17H30N4.C16H24N4O.C16H26N4O.C15H22N4O.C15H25N3.C12H16N4.C8H13N3/c1-15(2,3)13-8-14(19-11-18-13)20-12-9-16(4,5)21-17(6,7)10-12;1-16(2,3)13-7-14(18-10-17-13)19-12-8-20(9-12)15(21)11-5-4-6-11;1-15(2,3)12-7-13(18-10-17-12)19-11-8-20(9-11)14(21)16(4,5)6;1-15(2,3)12-6-13(17-9-16-12)18-11-7-19(8-11)14(20)10-4-5-10;1-11(2)18-8-12(9-18)6-13-7-14(15(3,4)5)17-10-16-13;1-12(2,3)11-7-10(13-8-14-11)6-9-4-5-15-16-9;1-8(2,3)6-4-7(9)11-5-10-6/h8,11-12,21H,9-10H2,1-7H3,(H,18,19,20);7,10-12H,4-6,8-9H2,1-3H3,(H,17,18,19);7,10-11H,8-9H2,1-6H3,(H,17,18,19);6,9-11H,4-5,7-8H2,1-3H3,(H,16,17,18);7,10-12H,6,8-9H2,1-5H3;4-5,7-8H,6H2,1-3H3,(H,15,16);4-5H,1-3H3,(H2,9,10,11). The normalized spacial score (nSPS) is 17.7. The molecule has 8 aromatic rings. The third-order valence-electron chi connectivity index (χ3n) is 23.5. The Hall–Kier alpha value is -9.90. The highest BCUT2D eigenvalue weighted by Crippen LogP contribution is 2.37. The largest absolute Gasteiger partial charge is 0.384 e. The Bertz CT molecular complexity index is 4850. The Labute approximate surface area is 765 Å². The minimum absolute atomic E-state index is 0.00716. The zero-order valence-corrected chi connectivity index (χ0v) is 83.2. The molecule has 29 heteroatoms. The number of rotatable bonds is 15. The molecular weight excluding hydrogens is 1600 g/mol. The molecule has 5 saturated heterocycles. The molecule has 2 saturated carbocycles. The number of nitrogens with zero attached hydrogens (tertiary/aromatic N) is 19. The molecule has 29 nitrogen and oxygen atoms in total. The molecule has 5 aliphatic heterocycles. The van der Waals surface area contributed by atoms with Crippen LogP contribution < -0.4 is 32.3 Å². The van der Waals surface area contributed by atoms with Crippen LogP contribution >= 0.6 is 0 Å². The van der Waals surface area contributed by atoms with Crippen LogP contribution in [0.3, 0.4) is 0 Å². The molecule has 13 heterocycles. The molecule has 2 aliphatic carbocycles. The van der Waals surface area contributed by atoms with Crippen molar-refractivity contribution in [2.45, 2.75) is 345 Å². The summed E-state index contributed by atoms with van der Waals surface area (Å²) in [6, 6.07) is 18.1. The molecule has 0 unspecified atom stereocenters. The molecule has 0 bridgehead atoms. The number of carbonyl (C=O) groups is 3. The van der Waals surface area contributed by atoms with Crippen LogP contribution in [0, 0.1) is 23.2 Å². The summed E-state index contributed by atoms with van der Waals surface area (Å²) in [5.41, 5.74) is 16.4. The summed E-state index contributed by atoms with van der Waals surface area (Å²) in [4.78, 5) is 104. The Morgan fingerprint density at radius 2 is 0.727 bits per heavy atom. The highest BCUT2D eigenvalue weighted by molar-refractivity contribution is 5.83. The van der Waals surface area contributed by atoms with Crippen molar-refractivity contribution in [2.24, 2.45) is 23.2 Å². The summed E-state index contributed by atoms with van der Waals surface area (Å²) >= 11 is 0. The lowest BCUT2D eigenvalue weighted by Gasteiger charge is -2.46. The number of nitrogens with one attached hydrogen (secondary N) is 6. The lowest BCUT2D eigenvalue weighted by atomic mass is 9.79. The molecular formula is C99H156N26O3. The summed E-state index contributed by atoms with van der Waals surface area (Å²) in [6.45, 7) is 71.6. The first-order chi connectivity index (χ1) is 59.3. The first-order valence-electron chi connectivity index (χ1n) is 46.3. The van der Waals surface area contributed by atoms with E-state index >= 15 is 0 Å². The van der Waals surface area contributed by atoms with Crippen molar-refractivity contribution in [1.29, 1.82) is 0 Å². The van der Waals surface area contributed by atoms with E-state index in [-0.39, 0.29) is 66.3 Å².